The van der Waals surface area contributed by atoms with E-state index in [0.717, 1.165) is 45.7 Å². The fourth-order valence-corrected chi connectivity index (χ4v) is 4.33. The minimum absolute atomic E-state index is 0.263. The number of methoxy groups -OCH3 is 1. The molecule has 0 aromatic heterocycles. The van der Waals surface area contributed by atoms with Crippen LogP contribution < -0.4 is 9.47 Å². The van der Waals surface area contributed by atoms with Gasteiger partial charge in [-0.1, -0.05) is 32.0 Å². The standard InChI is InChI=1S/C25H34O6/c1-14(13-26)22(27)24(29)23(28)16(3)21-12-18(25-20(15(21)2)9-10-31-25)11-17-5-7-19(30-4)8-6-17/h5-8,12,14,16,22-24,26-29H,9-11,13H2,1-4H3. The van der Waals surface area contributed by atoms with Gasteiger partial charge in [-0.3, -0.25) is 0 Å². The van der Waals surface area contributed by atoms with Gasteiger partial charge in [-0.25, -0.2) is 0 Å². The fraction of sp³-hybridized carbons (Fsp3) is 0.520. The highest BCUT2D eigenvalue weighted by atomic mass is 16.5. The third kappa shape index (κ3) is 4.88. The van der Waals surface area contributed by atoms with Crippen molar-refractivity contribution in [3.05, 3.63) is 58.1 Å². The fourth-order valence-electron chi connectivity index (χ4n) is 4.33. The Balaban J connectivity index is 1.92. The first-order valence-corrected chi connectivity index (χ1v) is 10.8. The van der Waals surface area contributed by atoms with Gasteiger partial charge in [0.15, 0.2) is 0 Å². The summed E-state index contributed by atoms with van der Waals surface area (Å²) in [4.78, 5) is 0. The Labute approximate surface area is 184 Å². The van der Waals surface area contributed by atoms with E-state index in [4.69, 9.17) is 9.47 Å². The highest BCUT2D eigenvalue weighted by Crippen LogP contribution is 2.39. The van der Waals surface area contributed by atoms with Crippen LogP contribution in [0.15, 0.2) is 30.3 Å². The van der Waals surface area contributed by atoms with Gasteiger partial charge >= 0.3 is 0 Å². The van der Waals surface area contributed by atoms with Crippen molar-refractivity contribution in [2.75, 3.05) is 20.3 Å². The van der Waals surface area contributed by atoms with E-state index >= 15 is 0 Å². The molecule has 5 unspecified atom stereocenters. The molecule has 0 amide bonds. The van der Waals surface area contributed by atoms with Gasteiger partial charge in [-0.2, -0.15) is 0 Å². The zero-order valence-corrected chi connectivity index (χ0v) is 18.7. The summed E-state index contributed by atoms with van der Waals surface area (Å²) in [6, 6.07) is 9.95. The third-order valence-electron chi connectivity index (χ3n) is 6.51. The van der Waals surface area contributed by atoms with Crippen LogP contribution >= 0.6 is 0 Å². The molecule has 1 aliphatic rings. The normalized spacial score (nSPS) is 17.9. The number of hydrogen-bond acceptors (Lipinski definition) is 6. The number of benzene rings is 2. The minimum Gasteiger partial charge on any atom is -0.497 e. The van der Waals surface area contributed by atoms with Gasteiger partial charge in [-0.05, 0) is 41.3 Å². The second kappa shape index (κ2) is 10.0. The van der Waals surface area contributed by atoms with Crippen LogP contribution in [0.4, 0.5) is 0 Å². The van der Waals surface area contributed by atoms with Crippen LogP contribution in [0.3, 0.4) is 0 Å². The smallest absolute Gasteiger partial charge is 0.126 e. The lowest BCUT2D eigenvalue weighted by Crippen LogP contribution is -2.44. The molecule has 170 valence electrons. The van der Waals surface area contributed by atoms with Crippen molar-refractivity contribution < 1.29 is 29.9 Å². The predicted molar refractivity (Wildman–Crippen MR) is 119 cm³/mol. The van der Waals surface area contributed by atoms with Gasteiger partial charge in [0.05, 0.1) is 25.9 Å². The van der Waals surface area contributed by atoms with Crippen molar-refractivity contribution in [2.45, 2.75) is 57.8 Å². The summed E-state index contributed by atoms with van der Waals surface area (Å²) in [6.45, 7) is 5.87. The molecule has 2 aromatic rings. The van der Waals surface area contributed by atoms with Gasteiger partial charge in [-0.15, -0.1) is 0 Å². The Hall–Kier alpha value is -2.12. The summed E-state index contributed by atoms with van der Waals surface area (Å²) in [5.74, 6) is 0.775. The number of rotatable bonds is 9. The number of aliphatic hydroxyl groups excluding tert-OH is 4. The van der Waals surface area contributed by atoms with Crippen LogP contribution in [-0.4, -0.2) is 59.1 Å². The van der Waals surface area contributed by atoms with Gasteiger partial charge in [0.2, 0.25) is 0 Å². The molecule has 2 aromatic carbocycles. The first-order valence-electron chi connectivity index (χ1n) is 10.8. The SMILES string of the molecule is COc1ccc(Cc2cc(C(C)C(O)C(O)C(O)C(C)CO)c(C)c3c2OCC3)cc1. The number of fused-ring (bicyclic) bond motifs is 1. The molecule has 0 saturated heterocycles. The zero-order chi connectivity index (χ0) is 22.7. The molecule has 0 saturated carbocycles. The molecule has 6 nitrogen and oxygen atoms in total. The summed E-state index contributed by atoms with van der Waals surface area (Å²) in [7, 11) is 1.64. The average molecular weight is 431 g/mol. The first-order chi connectivity index (χ1) is 14.8. The Morgan fingerprint density at radius 1 is 1.03 bits per heavy atom. The van der Waals surface area contributed by atoms with Crippen LogP contribution in [0.5, 0.6) is 11.5 Å². The minimum atomic E-state index is -1.36. The van der Waals surface area contributed by atoms with Gasteiger partial charge in [0.1, 0.15) is 17.6 Å². The van der Waals surface area contributed by atoms with Crippen LogP contribution in [0.25, 0.3) is 0 Å². The lowest BCUT2D eigenvalue weighted by molar-refractivity contribution is -0.0911. The van der Waals surface area contributed by atoms with E-state index < -0.39 is 30.1 Å². The molecule has 6 heteroatoms. The molecule has 4 N–H and O–H groups in total. The largest absolute Gasteiger partial charge is 0.497 e. The predicted octanol–water partition coefficient (Wildman–Crippen LogP) is 2.34. The molecule has 1 heterocycles. The Kier molecular flexibility index (Phi) is 7.59. The number of hydrogen-bond donors (Lipinski definition) is 4. The van der Waals surface area contributed by atoms with Crippen LogP contribution in [0, 0.1) is 12.8 Å². The first kappa shape index (κ1) is 23.5. The maximum atomic E-state index is 10.8. The quantitative estimate of drug-likeness (QED) is 0.487. The molecule has 0 fully saturated rings. The van der Waals surface area contributed by atoms with Crippen molar-refractivity contribution in [3.63, 3.8) is 0 Å². The second-order valence-electron chi connectivity index (χ2n) is 8.60. The molecule has 0 aliphatic carbocycles. The van der Waals surface area contributed by atoms with Crippen molar-refractivity contribution >= 4 is 0 Å². The molecule has 1 aliphatic heterocycles. The van der Waals surface area contributed by atoms with E-state index in [2.05, 4.69) is 0 Å². The molecule has 0 bridgehead atoms. The summed E-state index contributed by atoms with van der Waals surface area (Å²) in [5.41, 5.74) is 5.28. The lowest BCUT2D eigenvalue weighted by atomic mass is 9.82. The Morgan fingerprint density at radius 2 is 1.71 bits per heavy atom. The highest BCUT2D eigenvalue weighted by molar-refractivity contribution is 5.54. The lowest BCUT2D eigenvalue weighted by Gasteiger charge is -2.31. The number of aliphatic hydroxyl groups is 4. The van der Waals surface area contributed by atoms with E-state index in [0.29, 0.717) is 13.0 Å². The number of ether oxygens (including phenoxy) is 2. The van der Waals surface area contributed by atoms with Crippen molar-refractivity contribution in [1.29, 1.82) is 0 Å². The molecule has 31 heavy (non-hydrogen) atoms. The van der Waals surface area contributed by atoms with E-state index in [1.165, 1.54) is 0 Å². The van der Waals surface area contributed by atoms with Gasteiger partial charge in [0, 0.05) is 36.8 Å². The summed E-state index contributed by atoms with van der Waals surface area (Å²) in [6.07, 6.45) is -2.25. The van der Waals surface area contributed by atoms with Crippen molar-refractivity contribution in [3.8, 4) is 11.5 Å². The van der Waals surface area contributed by atoms with E-state index in [1.807, 2.05) is 44.2 Å². The third-order valence-corrected chi connectivity index (χ3v) is 6.51. The highest BCUT2D eigenvalue weighted by Gasteiger charge is 2.34. The van der Waals surface area contributed by atoms with Gasteiger partial charge in [0.25, 0.3) is 0 Å². The molecule has 5 atom stereocenters. The molecule has 0 radical (unpaired) electrons. The van der Waals surface area contributed by atoms with E-state index in [-0.39, 0.29) is 6.61 Å². The van der Waals surface area contributed by atoms with Crippen LogP contribution in [0.2, 0.25) is 0 Å². The summed E-state index contributed by atoms with van der Waals surface area (Å²) < 4.78 is 11.2. The average Bonchev–Trinajstić information content (AvgIpc) is 3.29. The summed E-state index contributed by atoms with van der Waals surface area (Å²) >= 11 is 0. The van der Waals surface area contributed by atoms with Gasteiger partial charge < -0.3 is 29.9 Å². The van der Waals surface area contributed by atoms with Crippen LogP contribution in [-0.2, 0) is 12.8 Å². The Morgan fingerprint density at radius 3 is 2.32 bits per heavy atom. The van der Waals surface area contributed by atoms with Crippen molar-refractivity contribution in [2.24, 2.45) is 5.92 Å². The summed E-state index contributed by atoms with van der Waals surface area (Å²) in [5, 5.41) is 40.9. The maximum absolute atomic E-state index is 10.8. The van der Waals surface area contributed by atoms with Crippen molar-refractivity contribution in [1.82, 2.24) is 0 Å². The molecular weight excluding hydrogens is 396 g/mol. The molecule has 3 rings (SSSR count). The maximum Gasteiger partial charge on any atom is 0.126 e. The Bertz CT molecular complexity index is 879. The van der Waals surface area contributed by atoms with Crippen LogP contribution in [0.1, 0.15) is 47.6 Å². The topological polar surface area (TPSA) is 99.4 Å². The monoisotopic (exact) mass is 430 g/mol. The molecule has 0 spiro atoms. The second-order valence-corrected chi connectivity index (χ2v) is 8.60. The molecular formula is C25H34O6. The van der Waals surface area contributed by atoms with E-state index in [1.54, 1.807) is 14.0 Å². The zero-order valence-electron chi connectivity index (χ0n) is 18.7. The van der Waals surface area contributed by atoms with E-state index in [9.17, 15) is 20.4 Å².